The zero-order valence-corrected chi connectivity index (χ0v) is 22.0. The van der Waals surface area contributed by atoms with Crippen molar-refractivity contribution in [2.45, 2.75) is 97.8 Å². The largest absolute Gasteiger partial charge is 0.512 e. The van der Waals surface area contributed by atoms with Crippen LogP contribution in [-0.2, 0) is 15.6 Å². The maximum Gasteiger partial charge on any atom is 0.193 e. The fraction of sp³-hybridized carbons (Fsp3) is 0.484. The van der Waals surface area contributed by atoms with Gasteiger partial charge in [-0.25, -0.2) is 0 Å². The van der Waals surface area contributed by atoms with Gasteiger partial charge in [0.1, 0.15) is 5.76 Å². The standard InChI is InChI=1S/C29H34O3.C2H6/c1-18-16-22-23(29(4,5)15-14-28(22,2)3)17-21(18)27(32)20-12-10-19(11-13-20)26-24(30)8-6-7-9-25(26)31;1-2/h10-13,16-17,30H,6-9,14-15H2,1-5H3;1-2H3. The Hall–Kier alpha value is -2.68. The van der Waals surface area contributed by atoms with Crippen LogP contribution in [0.15, 0.2) is 42.2 Å². The molecule has 2 aromatic carbocycles. The molecule has 0 aromatic heterocycles. The number of allylic oxidation sites excluding steroid dienone is 2. The van der Waals surface area contributed by atoms with Crippen LogP contribution >= 0.6 is 0 Å². The number of benzene rings is 2. The Morgan fingerprint density at radius 2 is 1.38 bits per heavy atom. The highest BCUT2D eigenvalue weighted by atomic mass is 16.3. The summed E-state index contributed by atoms with van der Waals surface area (Å²) in [6, 6.07) is 11.5. The van der Waals surface area contributed by atoms with Gasteiger partial charge in [-0.2, -0.15) is 0 Å². The Morgan fingerprint density at radius 1 is 0.853 bits per heavy atom. The number of fused-ring (bicyclic) bond motifs is 1. The van der Waals surface area contributed by atoms with Crippen LogP contribution in [0.1, 0.15) is 118 Å². The zero-order valence-electron chi connectivity index (χ0n) is 22.0. The van der Waals surface area contributed by atoms with Gasteiger partial charge in [0.25, 0.3) is 0 Å². The van der Waals surface area contributed by atoms with Crippen LogP contribution in [0.25, 0.3) is 5.57 Å². The van der Waals surface area contributed by atoms with Crippen LogP contribution < -0.4 is 0 Å². The third kappa shape index (κ3) is 4.89. The van der Waals surface area contributed by atoms with Gasteiger partial charge in [0.05, 0.1) is 5.57 Å². The summed E-state index contributed by atoms with van der Waals surface area (Å²) >= 11 is 0. The topological polar surface area (TPSA) is 54.4 Å². The van der Waals surface area contributed by atoms with Gasteiger partial charge in [-0.05, 0) is 71.8 Å². The summed E-state index contributed by atoms with van der Waals surface area (Å²) in [7, 11) is 0. The molecule has 182 valence electrons. The van der Waals surface area contributed by atoms with E-state index in [1.54, 1.807) is 24.3 Å². The Morgan fingerprint density at radius 3 is 1.97 bits per heavy atom. The molecule has 34 heavy (non-hydrogen) atoms. The highest BCUT2D eigenvalue weighted by Crippen LogP contribution is 2.46. The molecule has 2 aliphatic carbocycles. The predicted molar refractivity (Wildman–Crippen MR) is 141 cm³/mol. The first-order valence-electron chi connectivity index (χ1n) is 12.8. The van der Waals surface area contributed by atoms with Crippen molar-refractivity contribution in [2.75, 3.05) is 0 Å². The van der Waals surface area contributed by atoms with Crippen molar-refractivity contribution < 1.29 is 14.7 Å². The monoisotopic (exact) mass is 460 g/mol. The summed E-state index contributed by atoms with van der Waals surface area (Å²) in [5.74, 6) is 0.151. The van der Waals surface area contributed by atoms with Crippen LogP contribution in [0, 0.1) is 6.92 Å². The van der Waals surface area contributed by atoms with Crippen LogP contribution in [0.3, 0.4) is 0 Å². The lowest BCUT2D eigenvalue weighted by atomic mass is 9.62. The highest BCUT2D eigenvalue weighted by Gasteiger charge is 2.38. The van der Waals surface area contributed by atoms with Crippen LogP contribution in [0.4, 0.5) is 0 Å². The summed E-state index contributed by atoms with van der Waals surface area (Å²) in [6.07, 6.45) is 4.85. The molecule has 1 N–H and O–H groups in total. The number of carbonyl (C=O) groups is 2. The van der Waals surface area contributed by atoms with E-state index in [0.29, 0.717) is 29.5 Å². The quantitative estimate of drug-likeness (QED) is 0.472. The molecule has 0 aliphatic heterocycles. The van der Waals surface area contributed by atoms with E-state index in [2.05, 4.69) is 39.8 Å². The minimum atomic E-state index is -0.0190. The molecule has 0 saturated heterocycles. The first-order valence-corrected chi connectivity index (χ1v) is 12.8. The number of Topliss-reactive ketones (excluding diaryl/α,β-unsaturated/α-hetero) is 1. The van der Waals surface area contributed by atoms with Crippen LogP contribution in [0.5, 0.6) is 0 Å². The number of aryl methyl sites for hydroxylation is 1. The molecule has 0 saturated carbocycles. The van der Waals surface area contributed by atoms with Gasteiger partial charge < -0.3 is 5.11 Å². The summed E-state index contributed by atoms with van der Waals surface area (Å²) in [6.45, 7) is 15.1. The smallest absolute Gasteiger partial charge is 0.193 e. The average Bonchev–Trinajstić information content (AvgIpc) is 2.97. The van der Waals surface area contributed by atoms with Crippen molar-refractivity contribution in [3.63, 3.8) is 0 Å². The Labute approximate surface area is 205 Å². The summed E-state index contributed by atoms with van der Waals surface area (Å²) in [4.78, 5) is 25.9. The molecule has 0 radical (unpaired) electrons. The molecule has 0 heterocycles. The van der Waals surface area contributed by atoms with E-state index >= 15 is 0 Å². The third-order valence-electron chi connectivity index (χ3n) is 7.51. The second kappa shape index (κ2) is 9.90. The Bertz CT molecular complexity index is 1110. The number of ketones is 2. The molecule has 0 fully saturated rings. The number of carbonyl (C=O) groups excluding carboxylic acids is 2. The summed E-state index contributed by atoms with van der Waals surface area (Å²) < 4.78 is 0. The molecular weight excluding hydrogens is 420 g/mol. The second-order valence-corrected chi connectivity index (χ2v) is 10.8. The fourth-order valence-corrected chi connectivity index (χ4v) is 5.23. The van der Waals surface area contributed by atoms with Crippen molar-refractivity contribution in [1.82, 2.24) is 0 Å². The van der Waals surface area contributed by atoms with Gasteiger partial charge in [0.15, 0.2) is 11.6 Å². The minimum Gasteiger partial charge on any atom is -0.512 e. The Kier molecular flexibility index (Phi) is 7.55. The normalized spacial score (nSPS) is 19.0. The van der Waals surface area contributed by atoms with E-state index < -0.39 is 0 Å². The maximum atomic E-state index is 13.5. The molecule has 2 aliphatic rings. The molecular formula is C31H40O3. The van der Waals surface area contributed by atoms with Crippen LogP contribution in [-0.4, -0.2) is 16.7 Å². The SMILES string of the molecule is CC.Cc1cc2c(cc1C(=O)c1ccc(C3=C(O)CCCCC3=O)cc1)C(C)(C)CCC2(C)C. The van der Waals surface area contributed by atoms with E-state index in [0.717, 1.165) is 36.8 Å². The molecule has 0 atom stereocenters. The van der Waals surface area contributed by atoms with E-state index in [1.807, 2.05) is 20.8 Å². The molecule has 3 nitrogen and oxygen atoms in total. The van der Waals surface area contributed by atoms with Gasteiger partial charge in [-0.15, -0.1) is 0 Å². The Balaban J connectivity index is 0.00000158. The van der Waals surface area contributed by atoms with Crippen molar-refractivity contribution in [2.24, 2.45) is 0 Å². The lowest BCUT2D eigenvalue weighted by Gasteiger charge is -2.42. The second-order valence-electron chi connectivity index (χ2n) is 10.8. The first kappa shape index (κ1) is 25.9. The van der Waals surface area contributed by atoms with Crippen molar-refractivity contribution in [3.05, 3.63) is 75.5 Å². The molecule has 0 bridgehead atoms. The number of hydrogen-bond acceptors (Lipinski definition) is 3. The lowest BCUT2D eigenvalue weighted by molar-refractivity contribution is -0.113. The third-order valence-corrected chi connectivity index (χ3v) is 7.51. The summed E-state index contributed by atoms with van der Waals surface area (Å²) in [5, 5.41) is 10.4. The van der Waals surface area contributed by atoms with E-state index in [4.69, 9.17) is 0 Å². The van der Waals surface area contributed by atoms with E-state index in [9.17, 15) is 14.7 Å². The lowest BCUT2D eigenvalue weighted by Crippen LogP contribution is -2.34. The molecule has 4 rings (SSSR count). The average molecular weight is 461 g/mol. The summed E-state index contributed by atoms with van der Waals surface area (Å²) in [5.41, 5.74) is 6.24. The predicted octanol–water partition coefficient (Wildman–Crippen LogP) is 8.01. The number of aliphatic hydroxyl groups excluding tert-OH is 1. The van der Waals surface area contributed by atoms with Gasteiger partial charge in [-0.1, -0.05) is 71.9 Å². The van der Waals surface area contributed by atoms with Gasteiger partial charge in [-0.3, -0.25) is 9.59 Å². The number of rotatable bonds is 3. The number of aliphatic hydroxyl groups is 1. The van der Waals surface area contributed by atoms with E-state index in [1.165, 1.54) is 11.1 Å². The molecule has 0 amide bonds. The number of hydrogen-bond donors (Lipinski definition) is 1. The first-order chi connectivity index (χ1) is 16.0. The molecule has 2 aromatic rings. The van der Waals surface area contributed by atoms with Crippen molar-refractivity contribution in [1.29, 1.82) is 0 Å². The van der Waals surface area contributed by atoms with Crippen molar-refractivity contribution >= 4 is 17.1 Å². The van der Waals surface area contributed by atoms with Gasteiger partial charge >= 0.3 is 0 Å². The maximum absolute atomic E-state index is 13.5. The van der Waals surface area contributed by atoms with Gasteiger partial charge in [0, 0.05) is 24.0 Å². The van der Waals surface area contributed by atoms with Crippen LogP contribution in [0.2, 0.25) is 0 Å². The van der Waals surface area contributed by atoms with E-state index in [-0.39, 0.29) is 28.2 Å². The molecule has 3 heteroatoms. The fourth-order valence-electron chi connectivity index (χ4n) is 5.23. The van der Waals surface area contributed by atoms with Gasteiger partial charge in [0.2, 0.25) is 0 Å². The molecule has 0 unspecified atom stereocenters. The molecule has 0 spiro atoms. The van der Waals surface area contributed by atoms with Crippen molar-refractivity contribution in [3.8, 4) is 0 Å². The highest BCUT2D eigenvalue weighted by molar-refractivity contribution is 6.21. The zero-order chi connectivity index (χ0) is 25.3. The minimum absolute atomic E-state index is 0.00132.